The Bertz CT molecular complexity index is 630. The third kappa shape index (κ3) is 2.41. The average Bonchev–Trinajstić information content (AvgIpc) is 2.95. The van der Waals surface area contributed by atoms with Crippen molar-refractivity contribution in [3.8, 4) is 10.7 Å². The zero-order valence-electron chi connectivity index (χ0n) is 10.8. The molecular weight excluding hydrogens is 240 g/mol. The van der Waals surface area contributed by atoms with E-state index in [4.69, 9.17) is 0 Å². The van der Waals surface area contributed by atoms with Crippen molar-refractivity contribution < 1.29 is 0 Å². The fourth-order valence-electron chi connectivity index (χ4n) is 1.81. The van der Waals surface area contributed by atoms with Crippen LogP contribution in [0.2, 0.25) is 0 Å². The van der Waals surface area contributed by atoms with Crippen LogP contribution in [-0.2, 0) is 0 Å². The monoisotopic (exact) mass is 256 g/mol. The van der Waals surface area contributed by atoms with Gasteiger partial charge < -0.3 is 0 Å². The summed E-state index contributed by atoms with van der Waals surface area (Å²) in [6.45, 7) is 6.11. The van der Waals surface area contributed by atoms with Gasteiger partial charge in [0, 0.05) is 17.0 Å². The van der Waals surface area contributed by atoms with Crippen LogP contribution in [0.3, 0.4) is 0 Å². The third-order valence-corrected chi connectivity index (χ3v) is 3.37. The fourth-order valence-corrected chi connectivity index (χ4v) is 2.41. The summed E-state index contributed by atoms with van der Waals surface area (Å²) in [7, 11) is 0. The highest BCUT2D eigenvalue weighted by Gasteiger charge is 2.05. The minimum Gasteiger partial charge on any atom is -0.245 e. The van der Waals surface area contributed by atoms with Gasteiger partial charge in [-0.2, -0.15) is 0 Å². The number of hydrogen-bond acceptors (Lipinski definition) is 3. The molecule has 3 rings (SSSR count). The Hall–Kier alpha value is -1.74. The lowest BCUT2D eigenvalue weighted by molar-refractivity contribution is 1.32. The van der Waals surface area contributed by atoms with Crippen molar-refractivity contribution in [2.75, 3.05) is 0 Å². The van der Waals surface area contributed by atoms with Gasteiger partial charge in [0.25, 0.3) is 0 Å². The Morgan fingerprint density at radius 3 is 2.61 bits per heavy atom. The summed E-state index contributed by atoms with van der Waals surface area (Å²) >= 11 is 1.62. The Labute approximate surface area is 111 Å². The lowest BCUT2D eigenvalue weighted by atomic mass is 10.1. The van der Waals surface area contributed by atoms with Gasteiger partial charge in [0.2, 0.25) is 0 Å². The van der Waals surface area contributed by atoms with Crippen LogP contribution in [0.15, 0.2) is 41.9 Å². The second-order valence-electron chi connectivity index (χ2n) is 3.68. The van der Waals surface area contributed by atoms with E-state index in [1.165, 1.54) is 10.9 Å². The number of rotatable bonds is 1. The molecule has 0 atom stereocenters. The standard InChI is InChI=1S/C13H10N2S.C2H6/c1-9-8-12(13-14-6-7-16-13)15-11-5-3-2-4-10(9)11;1-2/h2-8H,1H3;1-2H3. The number of fused-ring (bicyclic) bond motifs is 1. The minimum absolute atomic E-state index is 0.964. The van der Waals surface area contributed by atoms with Gasteiger partial charge in [0.1, 0.15) is 5.01 Å². The number of pyridine rings is 1. The molecule has 0 aliphatic heterocycles. The molecule has 0 bridgehead atoms. The SMILES string of the molecule is CC.Cc1cc(-c2nccs2)nc2ccccc12. The van der Waals surface area contributed by atoms with Crippen LogP contribution in [0.4, 0.5) is 0 Å². The van der Waals surface area contributed by atoms with Gasteiger partial charge in [-0.3, -0.25) is 0 Å². The van der Waals surface area contributed by atoms with Crippen molar-refractivity contribution in [2.45, 2.75) is 20.8 Å². The first-order chi connectivity index (χ1) is 8.84. The van der Waals surface area contributed by atoms with Crippen LogP contribution in [0.5, 0.6) is 0 Å². The van der Waals surface area contributed by atoms with Gasteiger partial charge in [0.15, 0.2) is 0 Å². The molecule has 3 aromatic rings. The molecule has 0 N–H and O–H groups in total. The minimum atomic E-state index is 0.964. The predicted octanol–water partition coefficient (Wildman–Crippen LogP) is 4.69. The van der Waals surface area contributed by atoms with E-state index in [2.05, 4.69) is 29.0 Å². The molecule has 0 aliphatic rings. The van der Waals surface area contributed by atoms with E-state index < -0.39 is 0 Å². The van der Waals surface area contributed by atoms with Gasteiger partial charge in [-0.15, -0.1) is 11.3 Å². The zero-order chi connectivity index (χ0) is 13.0. The second-order valence-corrected chi connectivity index (χ2v) is 4.57. The van der Waals surface area contributed by atoms with E-state index in [1.807, 2.05) is 43.6 Å². The Morgan fingerprint density at radius 1 is 1.11 bits per heavy atom. The van der Waals surface area contributed by atoms with Crippen LogP contribution >= 0.6 is 11.3 Å². The first-order valence-electron chi connectivity index (χ1n) is 6.11. The molecule has 1 aromatic carbocycles. The maximum atomic E-state index is 4.63. The van der Waals surface area contributed by atoms with E-state index in [9.17, 15) is 0 Å². The van der Waals surface area contributed by atoms with Gasteiger partial charge in [-0.25, -0.2) is 9.97 Å². The molecular formula is C15H16N2S. The van der Waals surface area contributed by atoms with E-state index in [0.717, 1.165) is 16.2 Å². The summed E-state index contributed by atoms with van der Waals surface area (Å²) in [5.41, 5.74) is 3.25. The van der Waals surface area contributed by atoms with Crippen LogP contribution in [0, 0.1) is 6.92 Å². The quantitative estimate of drug-likeness (QED) is 0.631. The van der Waals surface area contributed by atoms with Crippen molar-refractivity contribution in [3.05, 3.63) is 47.5 Å². The molecule has 0 spiro atoms. The molecule has 92 valence electrons. The third-order valence-electron chi connectivity index (χ3n) is 2.57. The molecule has 0 unspecified atom stereocenters. The molecule has 2 aromatic heterocycles. The first kappa shape index (κ1) is 12.7. The summed E-state index contributed by atoms with van der Waals surface area (Å²) < 4.78 is 0. The molecule has 2 nitrogen and oxygen atoms in total. The summed E-state index contributed by atoms with van der Waals surface area (Å²) in [4.78, 5) is 8.92. The molecule has 0 fully saturated rings. The molecule has 2 heterocycles. The van der Waals surface area contributed by atoms with Crippen LogP contribution < -0.4 is 0 Å². The number of thiazole rings is 1. The molecule has 18 heavy (non-hydrogen) atoms. The molecule has 3 heteroatoms. The summed E-state index contributed by atoms with van der Waals surface area (Å²) in [5.74, 6) is 0. The van der Waals surface area contributed by atoms with Crippen molar-refractivity contribution in [1.29, 1.82) is 0 Å². The number of nitrogens with zero attached hydrogens (tertiary/aromatic N) is 2. The van der Waals surface area contributed by atoms with E-state index >= 15 is 0 Å². The highest BCUT2D eigenvalue weighted by atomic mass is 32.1. The normalized spacial score (nSPS) is 9.94. The maximum absolute atomic E-state index is 4.63. The number of hydrogen-bond donors (Lipinski definition) is 0. The van der Waals surface area contributed by atoms with Crippen molar-refractivity contribution in [1.82, 2.24) is 9.97 Å². The number of aryl methyl sites for hydroxylation is 1. The van der Waals surface area contributed by atoms with Gasteiger partial charge in [-0.05, 0) is 24.6 Å². The summed E-state index contributed by atoms with van der Waals surface area (Å²) in [5, 5.41) is 4.17. The van der Waals surface area contributed by atoms with Crippen LogP contribution in [0.25, 0.3) is 21.6 Å². The van der Waals surface area contributed by atoms with Gasteiger partial charge >= 0.3 is 0 Å². The lowest BCUT2D eigenvalue weighted by Gasteiger charge is -2.03. The number of benzene rings is 1. The zero-order valence-corrected chi connectivity index (χ0v) is 11.7. The number of aromatic nitrogens is 2. The highest BCUT2D eigenvalue weighted by molar-refractivity contribution is 7.13. The van der Waals surface area contributed by atoms with Crippen molar-refractivity contribution in [3.63, 3.8) is 0 Å². The van der Waals surface area contributed by atoms with Gasteiger partial charge in [-0.1, -0.05) is 32.0 Å². The molecule has 0 saturated carbocycles. The van der Waals surface area contributed by atoms with Crippen LogP contribution in [-0.4, -0.2) is 9.97 Å². The molecule has 0 amide bonds. The van der Waals surface area contributed by atoms with Gasteiger partial charge in [0.05, 0.1) is 11.2 Å². The largest absolute Gasteiger partial charge is 0.245 e. The van der Waals surface area contributed by atoms with E-state index in [-0.39, 0.29) is 0 Å². The molecule has 0 aliphatic carbocycles. The Kier molecular flexibility index (Phi) is 4.05. The number of para-hydroxylation sites is 1. The van der Waals surface area contributed by atoms with E-state index in [1.54, 1.807) is 11.3 Å². The topological polar surface area (TPSA) is 25.8 Å². The summed E-state index contributed by atoms with van der Waals surface area (Å²) in [6, 6.07) is 10.3. The maximum Gasteiger partial charge on any atom is 0.141 e. The molecule has 0 saturated heterocycles. The van der Waals surface area contributed by atoms with Crippen molar-refractivity contribution >= 4 is 22.2 Å². The predicted molar refractivity (Wildman–Crippen MR) is 78.9 cm³/mol. The fraction of sp³-hybridized carbons (Fsp3) is 0.200. The second kappa shape index (κ2) is 5.74. The lowest BCUT2D eigenvalue weighted by Crippen LogP contribution is -1.87. The van der Waals surface area contributed by atoms with Crippen molar-refractivity contribution in [2.24, 2.45) is 0 Å². The molecule has 0 radical (unpaired) electrons. The smallest absolute Gasteiger partial charge is 0.141 e. The van der Waals surface area contributed by atoms with E-state index in [0.29, 0.717) is 0 Å². The average molecular weight is 256 g/mol. The first-order valence-corrected chi connectivity index (χ1v) is 6.99. The summed E-state index contributed by atoms with van der Waals surface area (Å²) in [6.07, 6.45) is 1.81. The Morgan fingerprint density at radius 2 is 1.89 bits per heavy atom. The Balaban J connectivity index is 0.000000574. The highest BCUT2D eigenvalue weighted by Crippen LogP contribution is 2.25. The van der Waals surface area contributed by atoms with Crippen LogP contribution in [0.1, 0.15) is 19.4 Å².